The summed E-state index contributed by atoms with van der Waals surface area (Å²) in [5.74, 6) is 1.68. The van der Waals surface area contributed by atoms with Crippen molar-refractivity contribution < 1.29 is 4.74 Å². The molecule has 0 unspecified atom stereocenters. The molecule has 1 aliphatic heterocycles. The SMILES string of the molecule is Cn1nc(-c2ccc3c(c2)CCO3)c(-c2cccs2)c1N. The Bertz CT molecular complexity index is 805. The maximum absolute atomic E-state index is 6.23. The minimum Gasteiger partial charge on any atom is -0.493 e. The molecule has 4 rings (SSSR count). The molecule has 3 heterocycles. The van der Waals surface area contributed by atoms with Crippen molar-refractivity contribution >= 4 is 17.2 Å². The second-order valence-corrected chi connectivity index (χ2v) is 6.08. The summed E-state index contributed by atoms with van der Waals surface area (Å²) in [5.41, 5.74) is 10.5. The number of hydrogen-bond donors (Lipinski definition) is 1. The van der Waals surface area contributed by atoms with E-state index in [2.05, 4.69) is 28.7 Å². The molecule has 4 nitrogen and oxygen atoms in total. The van der Waals surface area contributed by atoms with Gasteiger partial charge in [-0.05, 0) is 35.2 Å². The third-order valence-corrected chi connectivity index (χ3v) is 4.71. The molecule has 0 saturated carbocycles. The van der Waals surface area contributed by atoms with Gasteiger partial charge in [-0.1, -0.05) is 6.07 Å². The zero-order valence-electron chi connectivity index (χ0n) is 11.7. The standard InChI is InChI=1S/C16H15N3OS/c1-19-16(17)14(13-3-2-8-21-13)15(18-19)11-4-5-12-10(9-11)6-7-20-12/h2-5,8-9H,6-7,17H2,1H3. The molecule has 2 aromatic heterocycles. The summed E-state index contributed by atoms with van der Waals surface area (Å²) in [4.78, 5) is 1.15. The first-order valence-electron chi connectivity index (χ1n) is 6.86. The summed E-state index contributed by atoms with van der Waals surface area (Å²) in [7, 11) is 1.88. The predicted molar refractivity (Wildman–Crippen MR) is 85.6 cm³/mol. The topological polar surface area (TPSA) is 53.1 Å². The van der Waals surface area contributed by atoms with Crippen LogP contribution in [0.3, 0.4) is 0 Å². The fourth-order valence-corrected chi connectivity index (χ4v) is 3.52. The van der Waals surface area contributed by atoms with Gasteiger partial charge in [-0.25, -0.2) is 0 Å². The molecule has 0 saturated heterocycles. The van der Waals surface area contributed by atoms with Gasteiger partial charge in [0, 0.05) is 23.9 Å². The molecule has 1 aliphatic rings. The number of hydrogen-bond acceptors (Lipinski definition) is 4. The van der Waals surface area contributed by atoms with E-state index < -0.39 is 0 Å². The smallest absolute Gasteiger partial charge is 0.130 e. The molecule has 5 heteroatoms. The molecular formula is C16H15N3OS. The van der Waals surface area contributed by atoms with Gasteiger partial charge < -0.3 is 10.5 Å². The third kappa shape index (κ3) is 1.93. The van der Waals surface area contributed by atoms with Crippen LogP contribution < -0.4 is 10.5 Å². The zero-order valence-corrected chi connectivity index (χ0v) is 12.5. The first kappa shape index (κ1) is 12.5. The maximum atomic E-state index is 6.23. The maximum Gasteiger partial charge on any atom is 0.130 e. The van der Waals surface area contributed by atoms with Crippen molar-refractivity contribution in [3.8, 4) is 27.4 Å². The van der Waals surface area contributed by atoms with Crippen LogP contribution in [-0.4, -0.2) is 16.4 Å². The number of aryl methyl sites for hydroxylation is 1. The molecule has 0 spiro atoms. The van der Waals surface area contributed by atoms with Gasteiger partial charge in [0.1, 0.15) is 17.3 Å². The normalized spacial score (nSPS) is 13.2. The Balaban J connectivity index is 1.91. The quantitative estimate of drug-likeness (QED) is 0.789. The van der Waals surface area contributed by atoms with E-state index in [0.717, 1.165) is 40.5 Å². The van der Waals surface area contributed by atoms with E-state index in [1.54, 1.807) is 16.0 Å². The Kier molecular flexibility index (Phi) is 2.75. The van der Waals surface area contributed by atoms with Crippen molar-refractivity contribution in [3.05, 3.63) is 41.3 Å². The van der Waals surface area contributed by atoms with E-state index in [0.29, 0.717) is 5.82 Å². The molecule has 3 aromatic rings. The number of nitrogens with zero attached hydrogens (tertiary/aromatic N) is 2. The van der Waals surface area contributed by atoms with E-state index in [-0.39, 0.29) is 0 Å². The van der Waals surface area contributed by atoms with E-state index in [1.165, 1.54) is 5.56 Å². The Morgan fingerprint density at radius 3 is 3.05 bits per heavy atom. The highest BCUT2D eigenvalue weighted by atomic mass is 32.1. The van der Waals surface area contributed by atoms with Crippen LogP contribution in [-0.2, 0) is 13.5 Å². The molecule has 21 heavy (non-hydrogen) atoms. The molecule has 0 atom stereocenters. The van der Waals surface area contributed by atoms with Crippen molar-refractivity contribution in [1.29, 1.82) is 0 Å². The summed E-state index contributed by atoms with van der Waals surface area (Å²) in [6.07, 6.45) is 0.958. The number of fused-ring (bicyclic) bond motifs is 1. The average molecular weight is 297 g/mol. The van der Waals surface area contributed by atoms with Crippen molar-refractivity contribution in [3.63, 3.8) is 0 Å². The van der Waals surface area contributed by atoms with Crippen molar-refractivity contribution in [2.75, 3.05) is 12.3 Å². The number of ether oxygens (including phenoxy) is 1. The fourth-order valence-electron chi connectivity index (χ4n) is 2.74. The van der Waals surface area contributed by atoms with E-state index in [1.807, 2.05) is 19.2 Å². The molecule has 2 N–H and O–H groups in total. The van der Waals surface area contributed by atoms with Gasteiger partial charge >= 0.3 is 0 Å². The number of rotatable bonds is 2. The Morgan fingerprint density at radius 1 is 1.33 bits per heavy atom. The molecule has 106 valence electrons. The van der Waals surface area contributed by atoms with Crippen molar-refractivity contribution in [1.82, 2.24) is 9.78 Å². The molecule has 0 amide bonds. The summed E-state index contributed by atoms with van der Waals surface area (Å²) in [6, 6.07) is 10.4. The van der Waals surface area contributed by atoms with Crippen LogP contribution >= 0.6 is 11.3 Å². The fraction of sp³-hybridized carbons (Fsp3) is 0.188. The minimum absolute atomic E-state index is 0.698. The van der Waals surface area contributed by atoms with Crippen LogP contribution in [0.1, 0.15) is 5.56 Å². The van der Waals surface area contributed by atoms with Gasteiger partial charge in [-0.2, -0.15) is 5.10 Å². The summed E-state index contributed by atoms with van der Waals surface area (Å²) in [6.45, 7) is 0.765. The Morgan fingerprint density at radius 2 is 2.24 bits per heavy atom. The van der Waals surface area contributed by atoms with Crippen LogP contribution in [0, 0.1) is 0 Å². The van der Waals surface area contributed by atoms with Gasteiger partial charge in [0.05, 0.1) is 12.2 Å². The highest BCUT2D eigenvalue weighted by molar-refractivity contribution is 7.13. The number of benzene rings is 1. The molecule has 0 bridgehead atoms. The largest absolute Gasteiger partial charge is 0.493 e. The van der Waals surface area contributed by atoms with Crippen LogP contribution in [0.25, 0.3) is 21.7 Å². The number of anilines is 1. The highest BCUT2D eigenvalue weighted by Crippen LogP contribution is 2.39. The van der Waals surface area contributed by atoms with E-state index in [4.69, 9.17) is 10.5 Å². The van der Waals surface area contributed by atoms with Crippen molar-refractivity contribution in [2.24, 2.45) is 7.05 Å². The first-order chi connectivity index (χ1) is 10.2. The first-order valence-corrected chi connectivity index (χ1v) is 7.74. The van der Waals surface area contributed by atoms with E-state index in [9.17, 15) is 0 Å². The zero-order chi connectivity index (χ0) is 14.4. The third-order valence-electron chi connectivity index (χ3n) is 3.82. The Hall–Kier alpha value is -2.27. The van der Waals surface area contributed by atoms with E-state index >= 15 is 0 Å². The van der Waals surface area contributed by atoms with Crippen LogP contribution in [0.5, 0.6) is 5.75 Å². The van der Waals surface area contributed by atoms with Gasteiger partial charge in [-0.15, -0.1) is 11.3 Å². The van der Waals surface area contributed by atoms with Gasteiger partial charge in [0.25, 0.3) is 0 Å². The lowest BCUT2D eigenvalue weighted by Crippen LogP contribution is -1.97. The lowest BCUT2D eigenvalue weighted by atomic mass is 10.0. The second-order valence-electron chi connectivity index (χ2n) is 5.13. The van der Waals surface area contributed by atoms with Crippen LogP contribution in [0.4, 0.5) is 5.82 Å². The molecule has 0 aliphatic carbocycles. The van der Waals surface area contributed by atoms with Crippen LogP contribution in [0.2, 0.25) is 0 Å². The Labute approximate surface area is 126 Å². The summed E-state index contributed by atoms with van der Waals surface area (Å²) >= 11 is 1.68. The predicted octanol–water partition coefficient (Wildman–Crippen LogP) is 3.33. The average Bonchev–Trinajstić information content (AvgIpc) is 3.19. The highest BCUT2D eigenvalue weighted by Gasteiger charge is 2.20. The lowest BCUT2D eigenvalue weighted by Gasteiger charge is -2.04. The summed E-state index contributed by atoms with van der Waals surface area (Å²) < 4.78 is 7.32. The molecular weight excluding hydrogens is 282 g/mol. The lowest BCUT2D eigenvalue weighted by molar-refractivity contribution is 0.357. The molecule has 1 aromatic carbocycles. The van der Waals surface area contributed by atoms with Gasteiger partial charge in [0.2, 0.25) is 0 Å². The molecule has 0 fully saturated rings. The number of thiophene rings is 1. The van der Waals surface area contributed by atoms with Gasteiger partial charge in [-0.3, -0.25) is 4.68 Å². The number of nitrogen functional groups attached to an aromatic ring is 1. The monoisotopic (exact) mass is 297 g/mol. The summed E-state index contributed by atoms with van der Waals surface area (Å²) in [5, 5.41) is 6.68. The van der Waals surface area contributed by atoms with Gasteiger partial charge in [0.15, 0.2) is 0 Å². The second kappa shape index (κ2) is 4.63. The van der Waals surface area contributed by atoms with Crippen molar-refractivity contribution in [2.45, 2.75) is 6.42 Å². The minimum atomic E-state index is 0.698. The van der Waals surface area contributed by atoms with Crippen LogP contribution in [0.15, 0.2) is 35.7 Å². The number of aromatic nitrogens is 2. The molecule has 0 radical (unpaired) electrons. The number of nitrogens with two attached hydrogens (primary N) is 1.